The molecule has 0 radical (unpaired) electrons. The summed E-state index contributed by atoms with van der Waals surface area (Å²) in [6, 6.07) is 3.06. The summed E-state index contributed by atoms with van der Waals surface area (Å²) >= 11 is 0. The van der Waals surface area contributed by atoms with Gasteiger partial charge < -0.3 is 25.1 Å². The van der Waals surface area contributed by atoms with Crippen LogP contribution in [0.4, 0.5) is 4.39 Å². The molecule has 33 heavy (non-hydrogen) atoms. The van der Waals surface area contributed by atoms with Gasteiger partial charge in [0.15, 0.2) is 11.6 Å². The Balaban J connectivity index is 1.55. The molecule has 1 saturated carbocycles. The monoisotopic (exact) mass is 453 g/mol. The van der Waals surface area contributed by atoms with Crippen molar-refractivity contribution in [3.05, 3.63) is 35.5 Å². The molecule has 0 spiro atoms. The molecular formula is C24H28FN5O3. The van der Waals surface area contributed by atoms with Gasteiger partial charge in [-0.05, 0) is 57.7 Å². The number of aromatic nitrogens is 3. The highest BCUT2D eigenvalue weighted by atomic mass is 19.1. The second kappa shape index (κ2) is 8.97. The first kappa shape index (κ1) is 21.6. The summed E-state index contributed by atoms with van der Waals surface area (Å²) in [5.41, 5.74) is 3.46. The van der Waals surface area contributed by atoms with E-state index in [2.05, 4.69) is 25.6 Å². The number of methoxy groups -OCH3 is 1. The number of nitrogens with zero attached hydrogens (tertiary/aromatic N) is 2. The first-order valence-corrected chi connectivity index (χ1v) is 11.4. The number of nitrogens with one attached hydrogen (secondary N) is 3. The Morgan fingerprint density at radius 1 is 1.18 bits per heavy atom. The molecule has 1 amide bonds. The van der Waals surface area contributed by atoms with E-state index >= 15 is 0 Å². The first-order valence-electron chi connectivity index (χ1n) is 11.4. The zero-order valence-corrected chi connectivity index (χ0v) is 18.8. The third kappa shape index (κ3) is 4.37. The fraction of sp³-hybridized carbons (Fsp3) is 0.458. The Morgan fingerprint density at radius 3 is 2.70 bits per heavy atom. The lowest BCUT2D eigenvalue weighted by atomic mass is 10.1. The number of benzene rings is 1. The lowest BCUT2D eigenvalue weighted by molar-refractivity contribution is 0.0930. The molecule has 2 aliphatic rings. The molecule has 174 valence electrons. The molecule has 5 rings (SSSR count). The smallest absolute Gasteiger partial charge is 0.255 e. The third-order valence-electron chi connectivity index (χ3n) is 6.35. The number of halogens is 1. The molecule has 1 aliphatic carbocycles. The van der Waals surface area contributed by atoms with Gasteiger partial charge >= 0.3 is 0 Å². The van der Waals surface area contributed by atoms with Gasteiger partial charge in [-0.1, -0.05) is 0 Å². The molecule has 9 heteroatoms. The normalized spacial score (nSPS) is 16.7. The van der Waals surface area contributed by atoms with Crippen LogP contribution < -0.4 is 20.1 Å². The lowest BCUT2D eigenvalue weighted by Crippen LogP contribution is -2.42. The van der Waals surface area contributed by atoms with E-state index in [9.17, 15) is 9.18 Å². The number of carbonyl (C=O) groups is 1. The number of aryl methyl sites for hydroxylation is 1. The van der Waals surface area contributed by atoms with Gasteiger partial charge in [0.2, 0.25) is 0 Å². The van der Waals surface area contributed by atoms with Gasteiger partial charge in [-0.3, -0.25) is 4.79 Å². The van der Waals surface area contributed by atoms with Crippen LogP contribution >= 0.6 is 0 Å². The van der Waals surface area contributed by atoms with E-state index in [1.807, 2.05) is 6.92 Å². The Labute approximate surface area is 191 Å². The van der Waals surface area contributed by atoms with Crippen LogP contribution in [0.3, 0.4) is 0 Å². The molecule has 3 heterocycles. The Hall–Kier alpha value is -3.20. The first-order chi connectivity index (χ1) is 16.0. The maximum Gasteiger partial charge on any atom is 0.255 e. The van der Waals surface area contributed by atoms with E-state index in [0.717, 1.165) is 38.8 Å². The molecule has 0 unspecified atom stereocenters. The summed E-state index contributed by atoms with van der Waals surface area (Å²) in [5.74, 6) is 0.349. The maximum absolute atomic E-state index is 14.5. The highest BCUT2D eigenvalue weighted by molar-refractivity contribution is 6.09. The van der Waals surface area contributed by atoms with Gasteiger partial charge in [-0.25, -0.2) is 14.4 Å². The van der Waals surface area contributed by atoms with E-state index in [1.54, 1.807) is 6.07 Å². The van der Waals surface area contributed by atoms with Crippen LogP contribution in [0.2, 0.25) is 0 Å². The van der Waals surface area contributed by atoms with Crippen LogP contribution in [0.15, 0.2) is 18.5 Å². The van der Waals surface area contributed by atoms with Crippen molar-refractivity contribution in [2.45, 2.75) is 38.6 Å². The predicted octanol–water partition coefficient (Wildman–Crippen LogP) is 3.35. The average molecular weight is 454 g/mol. The maximum atomic E-state index is 14.5. The topological polar surface area (TPSA) is 101 Å². The summed E-state index contributed by atoms with van der Waals surface area (Å²) in [6.45, 7) is 4.15. The minimum atomic E-state index is -0.498. The van der Waals surface area contributed by atoms with Gasteiger partial charge in [0.1, 0.15) is 23.3 Å². The van der Waals surface area contributed by atoms with Gasteiger partial charge in [0, 0.05) is 23.4 Å². The number of carbonyl (C=O) groups excluding carboxylic acids is 1. The van der Waals surface area contributed by atoms with E-state index < -0.39 is 5.82 Å². The Kier molecular flexibility index (Phi) is 5.88. The van der Waals surface area contributed by atoms with Gasteiger partial charge in [0.25, 0.3) is 5.91 Å². The molecule has 1 aliphatic heterocycles. The van der Waals surface area contributed by atoms with Crippen LogP contribution in [-0.2, 0) is 0 Å². The van der Waals surface area contributed by atoms with Crippen molar-refractivity contribution in [1.82, 2.24) is 25.6 Å². The second-order valence-corrected chi connectivity index (χ2v) is 8.81. The SMILES string of the molecule is COc1cc(-c2ncnc3c(C(=O)NC4CCNCC4)c(C)[nH]c23)c(OCC2CC2)cc1F. The van der Waals surface area contributed by atoms with Crippen molar-refractivity contribution in [1.29, 1.82) is 0 Å². The molecule has 0 atom stereocenters. The van der Waals surface area contributed by atoms with Crippen molar-refractivity contribution >= 4 is 16.9 Å². The standard InChI is InChI=1S/C24H28FN5O3/c1-13-20(24(31)30-15-5-7-26-8-6-15)22-23(29-13)21(27-12-28-22)16-9-19(32-2)17(25)10-18(16)33-11-14-3-4-14/h9-10,12,14-15,26,29H,3-8,11H2,1-2H3,(H,30,31). The van der Waals surface area contributed by atoms with Gasteiger partial charge in [0.05, 0.1) is 24.8 Å². The largest absolute Gasteiger partial charge is 0.494 e. The number of aromatic amines is 1. The number of hydrogen-bond donors (Lipinski definition) is 3. The van der Waals surface area contributed by atoms with Crippen LogP contribution in [0.25, 0.3) is 22.3 Å². The number of fused-ring (bicyclic) bond motifs is 1. The predicted molar refractivity (Wildman–Crippen MR) is 122 cm³/mol. The molecule has 2 fully saturated rings. The highest BCUT2D eigenvalue weighted by Crippen LogP contribution is 2.39. The second-order valence-electron chi connectivity index (χ2n) is 8.81. The van der Waals surface area contributed by atoms with Crippen LogP contribution in [-0.4, -0.2) is 53.7 Å². The van der Waals surface area contributed by atoms with Crippen molar-refractivity contribution < 1.29 is 18.7 Å². The van der Waals surface area contributed by atoms with Crippen molar-refractivity contribution in [3.8, 4) is 22.8 Å². The van der Waals surface area contributed by atoms with Crippen molar-refractivity contribution in [2.24, 2.45) is 5.92 Å². The summed E-state index contributed by atoms with van der Waals surface area (Å²) in [5, 5.41) is 6.44. The van der Waals surface area contributed by atoms with Crippen molar-refractivity contribution in [3.63, 3.8) is 0 Å². The third-order valence-corrected chi connectivity index (χ3v) is 6.35. The molecule has 2 aromatic heterocycles. The van der Waals surface area contributed by atoms with Crippen LogP contribution in [0.5, 0.6) is 11.5 Å². The van der Waals surface area contributed by atoms with E-state index in [-0.39, 0.29) is 17.7 Å². The molecule has 3 aromatic rings. The zero-order valence-electron chi connectivity index (χ0n) is 18.8. The summed E-state index contributed by atoms with van der Waals surface area (Å²) in [7, 11) is 1.42. The van der Waals surface area contributed by atoms with Crippen LogP contribution in [0, 0.1) is 18.7 Å². The number of amides is 1. The quantitative estimate of drug-likeness (QED) is 0.507. The number of ether oxygens (including phenoxy) is 2. The highest BCUT2D eigenvalue weighted by Gasteiger charge is 2.26. The minimum absolute atomic E-state index is 0.0997. The van der Waals surface area contributed by atoms with Crippen LogP contribution in [0.1, 0.15) is 41.7 Å². The molecule has 1 saturated heterocycles. The molecule has 0 bridgehead atoms. The molecule has 8 nitrogen and oxygen atoms in total. The van der Waals surface area contributed by atoms with Gasteiger partial charge in [-0.2, -0.15) is 0 Å². The summed E-state index contributed by atoms with van der Waals surface area (Å²) in [4.78, 5) is 25.3. The molecule has 1 aromatic carbocycles. The summed E-state index contributed by atoms with van der Waals surface area (Å²) in [6.07, 6.45) is 5.45. The van der Waals surface area contributed by atoms with E-state index in [4.69, 9.17) is 9.47 Å². The Bertz CT molecular complexity index is 1180. The lowest BCUT2D eigenvalue weighted by Gasteiger charge is -2.23. The number of hydrogen-bond acceptors (Lipinski definition) is 6. The molecule has 3 N–H and O–H groups in total. The number of rotatable bonds is 7. The fourth-order valence-electron chi connectivity index (χ4n) is 4.32. The minimum Gasteiger partial charge on any atom is -0.494 e. The van der Waals surface area contributed by atoms with E-state index in [0.29, 0.717) is 51.8 Å². The summed E-state index contributed by atoms with van der Waals surface area (Å²) < 4.78 is 25.7. The van der Waals surface area contributed by atoms with Gasteiger partial charge in [-0.15, -0.1) is 0 Å². The molecular weight excluding hydrogens is 425 g/mol. The zero-order chi connectivity index (χ0) is 22.9. The van der Waals surface area contributed by atoms with E-state index in [1.165, 1.54) is 19.5 Å². The number of piperidine rings is 1. The fourth-order valence-corrected chi connectivity index (χ4v) is 4.32. The number of H-pyrrole nitrogens is 1. The Morgan fingerprint density at radius 2 is 1.97 bits per heavy atom. The van der Waals surface area contributed by atoms with Crippen molar-refractivity contribution in [2.75, 3.05) is 26.8 Å². The average Bonchev–Trinajstić information content (AvgIpc) is 3.58.